The minimum atomic E-state index is 0.770. The van der Waals surface area contributed by atoms with Gasteiger partial charge in [-0.25, -0.2) is 0 Å². The van der Waals surface area contributed by atoms with Crippen LogP contribution in [0, 0.1) is 0 Å². The molecule has 0 atom stereocenters. The summed E-state index contributed by atoms with van der Waals surface area (Å²) in [5.41, 5.74) is 0. The van der Waals surface area contributed by atoms with Crippen molar-refractivity contribution in [3.05, 3.63) is 41.2 Å². The van der Waals surface area contributed by atoms with Gasteiger partial charge in [-0.3, -0.25) is 4.79 Å². The fourth-order valence-electron chi connectivity index (χ4n) is 1.01. The second-order valence-corrected chi connectivity index (χ2v) is 5.03. The Kier molecular flexibility index (Phi) is 3.06. The first-order valence-corrected chi connectivity index (χ1v) is 5.89. The number of furan rings is 1. The van der Waals surface area contributed by atoms with Gasteiger partial charge < -0.3 is 4.42 Å². The molecule has 0 spiro atoms. The zero-order chi connectivity index (χ0) is 9.80. The van der Waals surface area contributed by atoms with Crippen LogP contribution < -0.4 is 0 Å². The second kappa shape index (κ2) is 4.48. The lowest BCUT2D eigenvalue weighted by Gasteiger charge is -1.93. The molecule has 0 fully saturated rings. The molecule has 72 valence electrons. The standard InChI is InChI=1S/C10H8O2S2/c11-6-9-3-4-10(14-9)13-7-8-2-1-5-12-8/h1-6H,7H2. The zero-order valence-electron chi connectivity index (χ0n) is 7.30. The van der Waals surface area contributed by atoms with Gasteiger partial charge in [0.1, 0.15) is 5.76 Å². The van der Waals surface area contributed by atoms with Crippen LogP contribution in [0.4, 0.5) is 0 Å². The summed E-state index contributed by atoms with van der Waals surface area (Å²) in [7, 11) is 0. The van der Waals surface area contributed by atoms with Gasteiger partial charge in [0, 0.05) is 0 Å². The number of thioether (sulfide) groups is 1. The van der Waals surface area contributed by atoms with Crippen LogP contribution in [0.1, 0.15) is 15.4 Å². The van der Waals surface area contributed by atoms with E-state index in [1.54, 1.807) is 18.0 Å². The van der Waals surface area contributed by atoms with Gasteiger partial charge in [0.25, 0.3) is 0 Å². The van der Waals surface area contributed by atoms with E-state index in [-0.39, 0.29) is 0 Å². The number of hydrogen-bond acceptors (Lipinski definition) is 4. The highest BCUT2D eigenvalue weighted by molar-refractivity contribution is 8.00. The number of hydrogen-bond donors (Lipinski definition) is 0. The van der Waals surface area contributed by atoms with Gasteiger partial charge in [-0.1, -0.05) is 0 Å². The van der Waals surface area contributed by atoms with Gasteiger partial charge in [-0.2, -0.15) is 0 Å². The average molecular weight is 224 g/mol. The van der Waals surface area contributed by atoms with Crippen LogP contribution in [0.2, 0.25) is 0 Å². The Labute approximate surface area is 89.9 Å². The molecular formula is C10H8O2S2. The molecule has 2 heterocycles. The van der Waals surface area contributed by atoms with Crippen LogP contribution in [0.15, 0.2) is 39.2 Å². The Morgan fingerprint density at radius 1 is 1.43 bits per heavy atom. The maximum Gasteiger partial charge on any atom is 0.160 e. The third kappa shape index (κ3) is 2.27. The highest BCUT2D eigenvalue weighted by Crippen LogP contribution is 2.29. The lowest BCUT2D eigenvalue weighted by molar-refractivity contribution is 0.112. The van der Waals surface area contributed by atoms with Crippen LogP contribution >= 0.6 is 23.1 Å². The van der Waals surface area contributed by atoms with Crippen LogP contribution in [-0.2, 0) is 5.75 Å². The van der Waals surface area contributed by atoms with E-state index >= 15 is 0 Å². The van der Waals surface area contributed by atoms with E-state index in [2.05, 4.69) is 0 Å². The molecule has 2 nitrogen and oxygen atoms in total. The predicted molar refractivity (Wildman–Crippen MR) is 58.0 cm³/mol. The summed E-state index contributed by atoms with van der Waals surface area (Å²) < 4.78 is 6.34. The SMILES string of the molecule is O=Cc1ccc(SCc2ccco2)s1. The van der Waals surface area contributed by atoms with E-state index in [0.717, 1.165) is 26.9 Å². The van der Waals surface area contributed by atoms with Crippen LogP contribution in [0.5, 0.6) is 0 Å². The summed E-state index contributed by atoms with van der Waals surface area (Å²) in [5, 5.41) is 0. The molecule has 0 aliphatic rings. The number of carbonyl (C=O) groups excluding carboxylic acids is 1. The van der Waals surface area contributed by atoms with E-state index in [4.69, 9.17) is 4.42 Å². The molecule has 0 aromatic carbocycles. The molecule has 0 unspecified atom stereocenters. The topological polar surface area (TPSA) is 30.2 Å². The number of rotatable bonds is 4. The number of aldehydes is 1. The zero-order valence-corrected chi connectivity index (χ0v) is 8.94. The quantitative estimate of drug-likeness (QED) is 0.588. The van der Waals surface area contributed by atoms with Crippen LogP contribution in [0.3, 0.4) is 0 Å². The van der Waals surface area contributed by atoms with Crippen molar-refractivity contribution in [2.24, 2.45) is 0 Å². The van der Waals surface area contributed by atoms with Crippen molar-refractivity contribution >= 4 is 29.4 Å². The van der Waals surface area contributed by atoms with E-state index in [1.165, 1.54) is 11.3 Å². The van der Waals surface area contributed by atoms with Crippen molar-refractivity contribution in [3.63, 3.8) is 0 Å². The first-order chi connectivity index (χ1) is 6.88. The first kappa shape index (κ1) is 9.55. The molecule has 0 saturated carbocycles. The summed E-state index contributed by atoms with van der Waals surface area (Å²) in [6, 6.07) is 7.62. The highest BCUT2D eigenvalue weighted by atomic mass is 32.2. The monoisotopic (exact) mass is 224 g/mol. The third-order valence-corrected chi connectivity index (χ3v) is 3.91. The number of thiophene rings is 1. The van der Waals surface area contributed by atoms with Gasteiger partial charge in [-0.15, -0.1) is 23.1 Å². The van der Waals surface area contributed by atoms with E-state index in [0.29, 0.717) is 0 Å². The molecule has 2 aromatic heterocycles. The fourth-order valence-corrected chi connectivity index (χ4v) is 2.88. The highest BCUT2D eigenvalue weighted by Gasteiger charge is 2.01. The summed E-state index contributed by atoms with van der Waals surface area (Å²) in [4.78, 5) is 11.2. The third-order valence-electron chi connectivity index (χ3n) is 1.66. The molecule has 4 heteroatoms. The molecule has 0 saturated heterocycles. The predicted octanol–water partition coefficient (Wildman–Crippen LogP) is 3.45. The molecule has 0 N–H and O–H groups in total. The molecule has 0 radical (unpaired) electrons. The van der Waals surface area contributed by atoms with E-state index in [1.807, 2.05) is 24.3 Å². The van der Waals surface area contributed by atoms with Gasteiger partial charge in [0.2, 0.25) is 0 Å². The Bertz CT molecular complexity index is 403. The Balaban J connectivity index is 1.95. The Morgan fingerprint density at radius 3 is 3.00 bits per heavy atom. The van der Waals surface area contributed by atoms with Crippen molar-refractivity contribution in [1.82, 2.24) is 0 Å². The fraction of sp³-hybridized carbons (Fsp3) is 0.100. The van der Waals surface area contributed by atoms with Gasteiger partial charge in [0.15, 0.2) is 6.29 Å². The summed E-state index contributed by atoms with van der Waals surface area (Å²) in [6.45, 7) is 0. The van der Waals surface area contributed by atoms with Crippen molar-refractivity contribution < 1.29 is 9.21 Å². The molecule has 0 bridgehead atoms. The average Bonchev–Trinajstić information content (AvgIpc) is 2.86. The molecule has 0 aliphatic heterocycles. The molecule has 14 heavy (non-hydrogen) atoms. The van der Waals surface area contributed by atoms with Crippen molar-refractivity contribution in [1.29, 1.82) is 0 Å². The minimum absolute atomic E-state index is 0.770. The van der Waals surface area contributed by atoms with Crippen LogP contribution in [0.25, 0.3) is 0 Å². The Hall–Kier alpha value is -1.00. The lowest BCUT2D eigenvalue weighted by Crippen LogP contribution is -1.71. The second-order valence-electron chi connectivity index (χ2n) is 2.64. The van der Waals surface area contributed by atoms with E-state index < -0.39 is 0 Å². The van der Waals surface area contributed by atoms with Crippen LogP contribution in [-0.4, -0.2) is 6.29 Å². The molecular weight excluding hydrogens is 216 g/mol. The number of carbonyl (C=O) groups is 1. The van der Waals surface area contributed by atoms with E-state index in [9.17, 15) is 4.79 Å². The normalized spacial score (nSPS) is 10.3. The summed E-state index contributed by atoms with van der Waals surface area (Å²) in [5.74, 6) is 1.77. The maximum atomic E-state index is 10.4. The Morgan fingerprint density at radius 2 is 2.36 bits per heavy atom. The molecule has 2 rings (SSSR count). The first-order valence-electron chi connectivity index (χ1n) is 4.08. The van der Waals surface area contributed by atoms with Gasteiger partial charge in [0.05, 0.1) is 21.1 Å². The smallest absolute Gasteiger partial charge is 0.160 e. The summed E-state index contributed by atoms with van der Waals surface area (Å²) >= 11 is 3.19. The van der Waals surface area contributed by atoms with Crippen molar-refractivity contribution in [2.45, 2.75) is 9.96 Å². The van der Waals surface area contributed by atoms with Crippen molar-refractivity contribution in [3.8, 4) is 0 Å². The minimum Gasteiger partial charge on any atom is -0.468 e. The molecule has 0 aliphatic carbocycles. The largest absolute Gasteiger partial charge is 0.468 e. The summed E-state index contributed by atoms with van der Waals surface area (Å²) in [6.07, 6.45) is 2.54. The van der Waals surface area contributed by atoms with Gasteiger partial charge >= 0.3 is 0 Å². The van der Waals surface area contributed by atoms with Gasteiger partial charge in [-0.05, 0) is 24.3 Å². The lowest BCUT2D eigenvalue weighted by atomic mass is 10.5. The molecule has 0 amide bonds. The van der Waals surface area contributed by atoms with Crippen molar-refractivity contribution in [2.75, 3.05) is 0 Å². The molecule has 2 aromatic rings. The maximum absolute atomic E-state index is 10.4.